The molecule has 0 aliphatic carbocycles. The molecule has 0 saturated carbocycles. The van der Waals surface area contributed by atoms with Crippen LogP contribution in [0.5, 0.6) is 5.75 Å². The van der Waals surface area contributed by atoms with Crippen LogP contribution in [0.15, 0.2) is 33.9 Å². The second kappa shape index (κ2) is 3.51. The second-order valence-electron chi connectivity index (χ2n) is 3.61. The highest BCUT2D eigenvalue weighted by molar-refractivity contribution is 5.98. The van der Waals surface area contributed by atoms with Crippen LogP contribution in [0.1, 0.15) is 11.3 Å². The van der Waals surface area contributed by atoms with Gasteiger partial charge >= 0.3 is 0 Å². The molecule has 3 rings (SSSR count). The summed E-state index contributed by atoms with van der Waals surface area (Å²) in [5.74, 6) is 1.26. The molecule has 1 aromatic heterocycles. The van der Waals surface area contributed by atoms with Crippen LogP contribution in [0.4, 0.5) is 0 Å². The van der Waals surface area contributed by atoms with Crippen molar-refractivity contribution in [1.29, 1.82) is 0 Å². The fraction of sp³-hybridized carbons (Fsp3) is 0.0909. The number of benzene rings is 1. The quantitative estimate of drug-likeness (QED) is 0.334. The third-order valence-corrected chi connectivity index (χ3v) is 2.64. The fourth-order valence-corrected chi connectivity index (χ4v) is 1.83. The van der Waals surface area contributed by atoms with E-state index in [-0.39, 0.29) is 5.84 Å². The number of amidine groups is 1. The number of nitrogens with zero attached hydrogens (tertiary/aromatic N) is 2. The van der Waals surface area contributed by atoms with Crippen LogP contribution in [0.3, 0.4) is 0 Å². The minimum atomic E-state index is -0.0852. The predicted molar refractivity (Wildman–Crippen MR) is 58.8 cm³/mol. The van der Waals surface area contributed by atoms with Gasteiger partial charge in [0.25, 0.3) is 0 Å². The van der Waals surface area contributed by atoms with Crippen molar-refractivity contribution in [3.05, 3.63) is 35.5 Å². The molecular weight excluding hydrogens is 222 g/mol. The highest BCUT2D eigenvalue weighted by Crippen LogP contribution is 2.38. The maximum atomic E-state index is 8.64. The number of para-hydroxylation sites is 1. The standard InChI is InChI=1S/C11H9N3O3/c12-11(13-15)9-7-5-16-8-4-2-1-3-6(8)10(7)17-14-9/h1-4,15H,5H2,(H2,12,13). The van der Waals surface area contributed by atoms with Crippen LogP contribution in [-0.2, 0) is 6.61 Å². The van der Waals surface area contributed by atoms with Gasteiger partial charge in [-0.2, -0.15) is 0 Å². The Morgan fingerprint density at radius 1 is 1.41 bits per heavy atom. The van der Waals surface area contributed by atoms with Gasteiger partial charge in [-0.15, -0.1) is 0 Å². The number of oxime groups is 1. The van der Waals surface area contributed by atoms with Crippen LogP contribution in [0.25, 0.3) is 11.3 Å². The first-order valence-electron chi connectivity index (χ1n) is 5.00. The summed E-state index contributed by atoms with van der Waals surface area (Å²) in [6.07, 6.45) is 0. The molecule has 1 aliphatic rings. The van der Waals surface area contributed by atoms with Crippen molar-refractivity contribution in [2.75, 3.05) is 0 Å². The number of hydrogen-bond acceptors (Lipinski definition) is 5. The molecule has 17 heavy (non-hydrogen) atoms. The van der Waals surface area contributed by atoms with E-state index in [1.54, 1.807) is 0 Å². The second-order valence-corrected chi connectivity index (χ2v) is 3.61. The number of fused-ring (bicyclic) bond motifs is 3. The minimum absolute atomic E-state index is 0.0852. The first-order valence-corrected chi connectivity index (χ1v) is 5.00. The maximum absolute atomic E-state index is 8.64. The Bertz CT molecular complexity index is 604. The summed E-state index contributed by atoms with van der Waals surface area (Å²) in [5.41, 5.74) is 7.33. The molecule has 3 N–H and O–H groups in total. The number of nitrogens with two attached hydrogens (primary N) is 1. The van der Waals surface area contributed by atoms with E-state index in [4.69, 9.17) is 20.2 Å². The van der Waals surface area contributed by atoms with E-state index >= 15 is 0 Å². The van der Waals surface area contributed by atoms with Crippen LogP contribution in [-0.4, -0.2) is 16.2 Å². The van der Waals surface area contributed by atoms with E-state index in [1.807, 2.05) is 24.3 Å². The molecule has 0 radical (unpaired) electrons. The summed E-state index contributed by atoms with van der Waals surface area (Å²) in [7, 11) is 0. The summed E-state index contributed by atoms with van der Waals surface area (Å²) in [4.78, 5) is 0. The van der Waals surface area contributed by atoms with Crippen molar-refractivity contribution < 1.29 is 14.5 Å². The third-order valence-electron chi connectivity index (χ3n) is 2.64. The van der Waals surface area contributed by atoms with Gasteiger partial charge in [-0.3, -0.25) is 0 Å². The monoisotopic (exact) mass is 231 g/mol. The lowest BCUT2D eigenvalue weighted by Gasteiger charge is -2.15. The minimum Gasteiger partial charge on any atom is -0.488 e. The van der Waals surface area contributed by atoms with E-state index in [0.717, 1.165) is 11.3 Å². The molecule has 0 unspecified atom stereocenters. The zero-order valence-electron chi connectivity index (χ0n) is 8.75. The molecule has 0 atom stereocenters. The van der Waals surface area contributed by atoms with Crippen LogP contribution in [0, 0.1) is 0 Å². The maximum Gasteiger partial charge on any atom is 0.192 e. The molecule has 0 fully saturated rings. The van der Waals surface area contributed by atoms with Gasteiger partial charge in [0, 0.05) is 0 Å². The molecule has 0 spiro atoms. The van der Waals surface area contributed by atoms with E-state index in [9.17, 15) is 0 Å². The zero-order valence-corrected chi connectivity index (χ0v) is 8.75. The van der Waals surface area contributed by atoms with Crippen molar-refractivity contribution in [2.45, 2.75) is 6.61 Å². The largest absolute Gasteiger partial charge is 0.488 e. The van der Waals surface area contributed by atoms with Gasteiger partial charge in [-0.25, -0.2) is 0 Å². The lowest BCUT2D eigenvalue weighted by molar-refractivity contribution is 0.297. The van der Waals surface area contributed by atoms with Crippen molar-refractivity contribution >= 4 is 5.84 Å². The molecule has 86 valence electrons. The Morgan fingerprint density at radius 2 is 2.24 bits per heavy atom. The Balaban J connectivity index is 2.20. The fourth-order valence-electron chi connectivity index (χ4n) is 1.83. The molecule has 0 amide bonds. The van der Waals surface area contributed by atoms with Gasteiger partial charge in [0.1, 0.15) is 12.4 Å². The van der Waals surface area contributed by atoms with Gasteiger partial charge in [0.15, 0.2) is 17.3 Å². The SMILES string of the molecule is N/C(=N\O)c1noc2c1COc1ccccc1-2. The molecule has 2 heterocycles. The summed E-state index contributed by atoms with van der Waals surface area (Å²) in [6.45, 7) is 0.293. The van der Waals surface area contributed by atoms with Crippen molar-refractivity contribution in [2.24, 2.45) is 10.9 Å². The highest BCUT2D eigenvalue weighted by Gasteiger charge is 2.26. The molecule has 1 aliphatic heterocycles. The molecule has 0 bridgehead atoms. The van der Waals surface area contributed by atoms with E-state index in [1.165, 1.54) is 0 Å². The topological polar surface area (TPSA) is 93.9 Å². The molecule has 6 nitrogen and oxygen atoms in total. The van der Waals surface area contributed by atoms with Crippen LogP contribution < -0.4 is 10.5 Å². The van der Waals surface area contributed by atoms with Gasteiger partial charge in [-0.1, -0.05) is 22.4 Å². The highest BCUT2D eigenvalue weighted by atomic mass is 16.5. The molecule has 1 aromatic carbocycles. The normalized spacial score (nSPS) is 13.8. The van der Waals surface area contributed by atoms with Crippen molar-refractivity contribution in [1.82, 2.24) is 5.16 Å². The summed E-state index contributed by atoms with van der Waals surface area (Å²) in [6, 6.07) is 7.48. The first kappa shape index (κ1) is 9.71. The Kier molecular flexibility index (Phi) is 2.01. The predicted octanol–water partition coefficient (Wildman–Crippen LogP) is 1.33. The van der Waals surface area contributed by atoms with E-state index in [2.05, 4.69) is 10.3 Å². The Morgan fingerprint density at radius 3 is 3.06 bits per heavy atom. The first-order chi connectivity index (χ1) is 8.31. The van der Waals surface area contributed by atoms with Crippen molar-refractivity contribution in [3.8, 4) is 17.1 Å². The molecule has 6 heteroatoms. The van der Waals surface area contributed by atoms with Crippen LogP contribution >= 0.6 is 0 Å². The Labute approximate surface area is 96.3 Å². The number of rotatable bonds is 1. The number of hydrogen-bond donors (Lipinski definition) is 2. The zero-order chi connectivity index (χ0) is 11.8. The number of ether oxygens (including phenoxy) is 1. The van der Waals surface area contributed by atoms with E-state index < -0.39 is 0 Å². The lowest BCUT2D eigenvalue weighted by atomic mass is 10.0. The number of aromatic nitrogens is 1. The summed E-state index contributed by atoms with van der Waals surface area (Å²) < 4.78 is 10.8. The smallest absolute Gasteiger partial charge is 0.192 e. The van der Waals surface area contributed by atoms with Crippen LogP contribution in [0.2, 0.25) is 0 Å². The summed E-state index contributed by atoms with van der Waals surface area (Å²) >= 11 is 0. The molecule has 0 saturated heterocycles. The molecular formula is C11H9N3O3. The van der Waals surface area contributed by atoms with E-state index in [0.29, 0.717) is 23.6 Å². The third kappa shape index (κ3) is 1.34. The summed E-state index contributed by atoms with van der Waals surface area (Å²) in [5, 5.41) is 15.4. The molecule has 2 aromatic rings. The van der Waals surface area contributed by atoms with Crippen molar-refractivity contribution in [3.63, 3.8) is 0 Å². The van der Waals surface area contributed by atoms with Gasteiger partial charge < -0.3 is 20.2 Å². The average Bonchev–Trinajstić information content (AvgIpc) is 2.82. The Hall–Kier alpha value is -2.50. The average molecular weight is 231 g/mol. The lowest BCUT2D eigenvalue weighted by Crippen LogP contribution is -2.17. The van der Waals surface area contributed by atoms with Gasteiger partial charge in [-0.05, 0) is 12.1 Å². The van der Waals surface area contributed by atoms with Gasteiger partial charge in [0.2, 0.25) is 0 Å². The van der Waals surface area contributed by atoms with Gasteiger partial charge in [0.05, 0.1) is 11.1 Å².